The van der Waals surface area contributed by atoms with Crippen LogP contribution in [0.1, 0.15) is 33.6 Å². The minimum Gasteiger partial charge on any atom is -0.395 e. The molecule has 3 heteroatoms. The van der Waals surface area contributed by atoms with Gasteiger partial charge in [-0.2, -0.15) is 11.8 Å². The van der Waals surface area contributed by atoms with Crippen molar-refractivity contribution in [2.45, 2.75) is 45.7 Å². The van der Waals surface area contributed by atoms with Gasteiger partial charge < -0.3 is 10.4 Å². The lowest BCUT2D eigenvalue weighted by Crippen LogP contribution is -2.51. The van der Waals surface area contributed by atoms with E-state index >= 15 is 0 Å². The number of aliphatic hydroxyl groups excluding tert-OH is 1. The van der Waals surface area contributed by atoms with E-state index in [9.17, 15) is 0 Å². The topological polar surface area (TPSA) is 32.3 Å². The van der Waals surface area contributed by atoms with Crippen LogP contribution in [0.5, 0.6) is 0 Å². The van der Waals surface area contributed by atoms with Crippen LogP contribution in [0.4, 0.5) is 0 Å². The fourth-order valence-corrected chi connectivity index (χ4v) is 3.41. The number of nitrogens with one attached hydrogen (secondary N) is 1. The molecule has 14 heavy (non-hydrogen) atoms. The Labute approximate surface area is 91.9 Å². The third-order valence-electron chi connectivity index (χ3n) is 3.27. The van der Waals surface area contributed by atoms with Gasteiger partial charge in [0, 0.05) is 17.8 Å². The van der Waals surface area contributed by atoms with Gasteiger partial charge in [0.2, 0.25) is 0 Å². The Morgan fingerprint density at radius 2 is 2.29 bits per heavy atom. The first-order valence-electron chi connectivity index (χ1n) is 5.55. The first kappa shape index (κ1) is 12.3. The van der Waals surface area contributed by atoms with Gasteiger partial charge in [0.15, 0.2) is 0 Å². The van der Waals surface area contributed by atoms with Crippen molar-refractivity contribution in [3.8, 4) is 0 Å². The highest BCUT2D eigenvalue weighted by atomic mass is 32.2. The number of aliphatic hydroxyl groups is 1. The Hall–Kier alpha value is 0.270. The maximum Gasteiger partial charge on any atom is 0.0584 e. The Morgan fingerprint density at radius 1 is 1.57 bits per heavy atom. The molecule has 0 aromatic heterocycles. The molecule has 0 spiro atoms. The van der Waals surface area contributed by atoms with E-state index in [0.717, 1.165) is 6.42 Å². The second-order valence-corrected chi connectivity index (χ2v) is 5.97. The fraction of sp³-hybridized carbons (Fsp3) is 1.00. The van der Waals surface area contributed by atoms with E-state index in [2.05, 4.69) is 26.1 Å². The highest BCUT2D eigenvalue weighted by Crippen LogP contribution is 2.34. The molecule has 84 valence electrons. The molecule has 1 fully saturated rings. The first-order chi connectivity index (χ1) is 6.60. The van der Waals surface area contributed by atoms with Crippen molar-refractivity contribution in [2.75, 3.05) is 18.1 Å². The minimum absolute atomic E-state index is 0.258. The largest absolute Gasteiger partial charge is 0.395 e. The summed E-state index contributed by atoms with van der Waals surface area (Å²) in [7, 11) is 0. The summed E-state index contributed by atoms with van der Waals surface area (Å²) in [6, 6.07) is 0.830. The van der Waals surface area contributed by atoms with Crippen molar-refractivity contribution in [1.29, 1.82) is 0 Å². The van der Waals surface area contributed by atoms with Crippen LogP contribution in [0.15, 0.2) is 0 Å². The van der Waals surface area contributed by atoms with Crippen LogP contribution in [0.3, 0.4) is 0 Å². The molecule has 2 atom stereocenters. The van der Waals surface area contributed by atoms with Crippen LogP contribution in [-0.2, 0) is 0 Å². The molecule has 1 aliphatic rings. The van der Waals surface area contributed by atoms with Gasteiger partial charge in [-0.15, -0.1) is 0 Å². The van der Waals surface area contributed by atoms with Crippen LogP contribution < -0.4 is 5.32 Å². The standard InChI is InChI=1S/C11H23NOS/c1-4-9(7-13)12-10-8-14-6-5-11(10,2)3/h9-10,12-13H,4-8H2,1-3H3/t9-,10?/m0/s1. The molecule has 2 N–H and O–H groups in total. The molecule has 0 bridgehead atoms. The molecule has 0 radical (unpaired) electrons. The second-order valence-electron chi connectivity index (χ2n) is 4.82. The summed E-state index contributed by atoms with van der Waals surface area (Å²) in [5, 5.41) is 12.7. The summed E-state index contributed by atoms with van der Waals surface area (Å²) in [5.74, 6) is 2.46. The second kappa shape index (κ2) is 5.38. The van der Waals surface area contributed by atoms with Gasteiger partial charge in [-0.1, -0.05) is 20.8 Å². The predicted molar refractivity (Wildman–Crippen MR) is 63.8 cm³/mol. The normalized spacial score (nSPS) is 28.7. The number of hydrogen-bond donors (Lipinski definition) is 2. The SMILES string of the molecule is CC[C@@H](CO)NC1CSCCC1(C)C. The van der Waals surface area contributed by atoms with E-state index in [4.69, 9.17) is 5.11 Å². The number of rotatable bonds is 4. The van der Waals surface area contributed by atoms with Crippen LogP contribution in [0, 0.1) is 5.41 Å². The molecule has 1 aliphatic heterocycles. The average molecular weight is 217 g/mol. The van der Waals surface area contributed by atoms with Crippen LogP contribution in [0.25, 0.3) is 0 Å². The lowest BCUT2D eigenvalue weighted by atomic mass is 9.82. The molecular formula is C11H23NOS. The van der Waals surface area contributed by atoms with Gasteiger partial charge in [0.25, 0.3) is 0 Å². The smallest absolute Gasteiger partial charge is 0.0584 e. The summed E-state index contributed by atoms with van der Waals surface area (Å²) in [4.78, 5) is 0. The predicted octanol–water partition coefficient (Wildman–Crippen LogP) is 1.88. The van der Waals surface area contributed by atoms with Crippen LogP contribution in [0.2, 0.25) is 0 Å². The number of thioether (sulfide) groups is 1. The van der Waals surface area contributed by atoms with Crippen molar-refractivity contribution in [3.05, 3.63) is 0 Å². The Balaban J connectivity index is 2.48. The summed E-state index contributed by atoms with van der Waals surface area (Å²) in [5.41, 5.74) is 0.383. The Morgan fingerprint density at radius 3 is 2.79 bits per heavy atom. The van der Waals surface area contributed by atoms with Gasteiger partial charge in [0.1, 0.15) is 0 Å². The summed E-state index contributed by atoms with van der Waals surface area (Å²) in [6.45, 7) is 7.04. The first-order valence-corrected chi connectivity index (χ1v) is 6.70. The van der Waals surface area contributed by atoms with Gasteiger partial charge in [0.05, 0.1) is 6.61 Å². The molecule has 0 saturated carbocycles. The van der Waals surface area contributed by atoms with Crippen molar-refractivity contribution in [3.63, 3.8) is 0 Å². The zero-order chi connectivity index (χ0) is 10.6. The minimum atomic E-state index is 0.258. The molecule has 0 amide bonds. The molecule has 1 saturated heterocycles. The quantitative estimate of drug-likeness (QED) is 0.754. The van der Waals surface area contributed by atoms with Crippen LogP contribution >= 0.6 is 11.8 Å². The monoisotopic (exact) mass is 217 g/mol. The molecule has 1 heterocycles. The maximum absolute atomic E-state index is 9.16. The van der Waals surface area contributed by atoms with E-state index in [1.807, 2.05) is 11.8 Å². The van der Waals surface area contributed by atoms with Gasteiger partial charge >= 0.3 is 0 Å². The van der Waals surface area contributed by atoms with E-state index < -0.39 is 0 Å². The van der Waals surface area contributed by atoms with Crippen LogP contribution in [-0.4, -0.2) is 35.3 Å². The molecule has 0 aromatic rings. The summed E-state index contributed by atoms with van der Waals surface area (Å²) < 4.78 is 0. The van der Waals surface area contributed by atoms with Crippen molar-refractivity contribution < 1.29 is 5.11 Å². The van der Waals surface area contributed by atoms with E-state index in [-0.39, 0.29) is 12.6 Å². The highest BCUT2D eigenvalue weighted by molar-refractivity contribution is 7.99. The zero-order valence-corrected chi connectivity index (χ0v) is 10.4. The molecule has 0 aliphatic carbocycles. The van der Waals surface area contributed by atoms with Gasteiger partial charge in [-0.3, -0.25) is 0 Å². The third-order valence-corrected chi connectivity index (χ3v) is 4.33. The highest BCUT2D eigenvalue weighted by Gasteiger charge is 2.33. The molecule has 2 nitrogen and oxygen atoms in total. The fourth-order valence-electron chi connectivity index (χ4n) is 1.79. The molecular weight excluding hydrogens is 194 g/mol. The van der Waals surface area contributed by atoms with E-state index in [1.165, 1.54) is 17.9 Å². The summed E-state index contributed by atoms with van der Waals surface area (Å²) >= 11 is 2.02. The van der Waals surface area contributed by atoms with Crippen molar-refractivity contribution in [2.24, 2.45) is 5.41 Å². The summed E-state index contributed by atoms with van der Waals surface area (Å²) in [6.07, 6.45) is 2.28. The lowest BCUT2D eigenvalue weighted by molar-refractivity contribution is 0.180. The van der Waals surface area contributed by atoms with Crippen molar-refractivity contribution in [1.82, 2.24) is 5.32 Å². The molecule has 1 rings (SSSR count). The molecule has 1 unspecified atom stereocenters. The van der Waals surface area contributed by atoms with E-state index in [1.54, 1.807) is 0 Å². The van der Waals surface area contributed by atoms with Gasteiger partial charge in [-0.25, -0.2) is 0 Å². The molecule has 0 aromatic carbocycles. The zero-order valence-electron chi connectivity index (χ0n) is 9.55. The lowest BCUT2D eigenvalue weighted by Gasteiger charge is -2.40. The number of hydrogen-bond acceptors (Lipinski definition) is 3. The Kier molecular flexibility index (Phi) is 4.74. The Bertz CT molecular complexity index is 169. The van der Waals surface area contributed by atoms with Crippen molar-refractivity contribution >= 4 is 11.8 Å². The van der Waals surface area contributed by atoms with Gasteiger partial charge in [-0.05, 0) is 24.0 Å². The maximum atomic E-state index is 9.16. The van der Waals surface area contributed by atoms with E-state index in [0.29, 0.717) is 11.5 Å². The third kappa shape index (κ3) is 3.14. The average Bonchev–Trinajstić information content (AvgIpc) is 2.16.